The van der Waals surface area contributed by atoms with Crippen LogP contribution in [0.3, 0.4) is 0 Å². The average Bonchev–Trinajstić information content (AvgIpc) is 2.86. The zero-order valence-corrected chi connectivity index (χ0v) is 25.1. The number of methoxy groups -OCH3 is 1. The number of carbonyl (C=O) groups is 1. The topological polar surface area (TPSA) is 135 Å². The van der Waals surface area contributed by atoms with Gasteiger partial charge in [0.05, 0.1) is 42.7 Å². The van der Waals surface area contributed by atoms with Crippen molar-refractivity contribution in [2.24, 2.45) is 11.3 Å². The number of rotatable bonds is 6. The molecule has 2 aliphatic heterocycles. The first-order valence-electron chi connectivity index (χ1n) is 14.2. The normalized spacial score (nSPS) is 35.4. The Labute approximate surface area is 237 Å². The fourth-order valence-electron chi connectivity index (χ4n) is 7.39. The molecule has 9 unspecified atom stereocenters. The second-order valence-corrected chi connectivity index (χ2v) is 12.9. The van der Waals surface area contributed by atoms with Crippen molar-refractivity contribution in [3.8, 4) is 17.2 Å². The number of esters is 1. The first-order chi connectivity index (χ1) is 18.5. The van der Waals surface area contributed by atoms with E-state index in [1.807, 2.05) is 40.7 Å². The lowest BCUT2D eigenvalue weighted by Gasteiger charge is -2.62. The van der Waals surface area contributed by atoms with Crippen molar-refractivity contribution in [2.75, 3.05) is 7.11 Å². The highest BCUT2D eigenvalue weighted by molar-refractivity contribution is 5.67. The van der Waals surface area contributed by atoms with Gasteiger partial charge in [0, 0.05) is 36.2 Å². The smallest absolute Gasteiger partial charge is 0.303 e. The molecule has 0 aromatic heterocycles. The van der Waals surface area contributed by atoms with Crippen LogP contribution in [0.25, 0.3) is 0 Å². The quantitative estimate of drug-likeness (QED) is 0.296. The van der Waals surface area contributed by atoms with E-state index in [9.17, 15) is 25.2 Å². The molecule has 0 spiro atoms. The summed E-state index contributed by atoms with van der Waals surface area (Å²) in [6.45, 7) is 14.1. The van der Waals surface area contributed by atoms with E-state index in [0.29, 0.717) is 29.7 Å². The second-order valence-electron chi connectivity index (χ2n) is 12.9. The Morgan fingerprint density at radius 3 is 2.45 bits per heavy atom. The van der Waals surface area contributed by atoms with E-state index in [1.165, 1.54) is 14.0 Å². The molecular formula is C31H46O9. The van der Waals surface area contributed by atoms with Crippen molar-refractivity contribution >= 4 is 5.97 Å². The zero-order valence-electron chi connectivity index (χ0n) is 25.1. The molecule has 4 rings (SSSR count). The number of fused-ring (bicyclic) bond motifs is 4. The third kappa shape index (κ3) is 4.78. The molecule has 0 bridgehead atoms. The summed E-state index contributed by atoms with van der Waals surface area (Å²) in [5.74, 6) is -1.16. The van der Waals surface area contributed by atoms with Gasteiger partial charge in [-0.05, 0) is 59.1 Å². The molecule has 2 heterocycles. The summed E-state index contributed by atoms with van der Waals surface area (Å²) in [6, 6.07) is 1.66. The lowest BCUT2D eigenvalue weighted by atomic mass is 9.52. The van der Waals surface area contributed by atoms with Crippen molar-refractivity contribution < 1.29 is 44.2 Å². The van der Waals surface area contributed by atoms with Crippen LogP contribution in [0, 0.1) is 11.3 Å². The number of benzene rings is 1. The van der Waals surface area contributed by atoms with E-state index >= 15 is 0 Å². The molecule has 40 heavy (non-hydrogen) atoms. The molecule has 224 valence electrons. The number of ether oxygens (including phenoxy) is 4. The Bertz CT molecular complexity index is 1170. The number of phenols is 1. The number of allylic oxidation sites excluding steroid dienone is 1. The number of aliphatic hydroxyl groups is 3. The van der Waals surface area contributed by atoms with Crippen molar-refractivity contribution in [2.45, 2.75) is 122 Å². The number of hydrogen-bond acceptors (Lipinski definition) is 9. The van der Waals surface area contributed by atoms with Gasteiger partial charge in [-0.2, -0.15) is 0 Å². The summed E-state index contributed by atoms with van der Waals surface area (Å²) < 4.78 is 24.4. The highest BCUT2D eigenvalue weighted by Crippen LogP contribution is 2.64. The maximum absolute atomic E-state index is 12.0. The van der Waals surface area contributed by atoms with Crippen LogP contribution in [0.5, 0.6) is 17.2 Å². The van der Waals surface area contributed by atoms with E-state index < -0.39 is 64.9 Å². The SMILES string of the molecule is CC=C(C)C(OC(C)=O)C(C)c1cc(OC)c2c(c1O)OC1(C)CCC3OC(C(C)(C)O)CC(O)C3(C)C1C2O. The summed E-state index contributed by atoms with van der Waals surface area (Å²) >= 11 is 0. The lowest BCUT2D eigenvalue weighted by molar-refractivity contribution is -0.289. The van der Waals surface area contributed by atoms with Gasteiger partial charge in [0.1, 0.15) is 17.5 Å². The van der Waals surface area contributed by atoms with Gasteiger partial charge in [0.25, 0.3) is 0 Å². The monoisotopic (exact) mass is 562 g/mol. The second kappa shape index (κ2) is 10.5. The van der Waals surface area contributed by atoms with Gasteiger partial charge in [-0.15, -0.1) is 0 Å². The van der Waals surface area contributed by atoms with E-state index in [4.69, 9.17) is 18.9 Å². The number of hydrogen-bond donors (Lipinski definition) is 4. The molecule has 3 aliphatic rings. The van der Waals surface area contributed by atoms with E-state index in [0.717, 1.165) is 5.57 Å². The molecule has 4 N–H and O–H groups in total. The van der Waals surface area contributed by atoms with Gasteiger partial charge < -0.3 is 39.4 Å². The Kier molecular flexibility index (Phi) is 8.04. The Morgan fingerprint density at radius 2 is 1.90 bits per heavy atom. The Hall–Kier alpha value is -2.33. The van der Waals surface area contributed by atoms with Crippen LogP contribution in [0.2, 0.25) is 0 Å². The molecule has 1 saturated heterocycles. The minimum absolute atomic E-state index is 0.134. The van der Waals surface area contributed by atoms with Crippen LogP contribution in [-0.2, 0) is 14.3 Å². The van der Waals surface area contributed by atoms with Crippen LogP contribution >= 0.6 is 0 Å². The van der Waals surface area contributed by atoms with Crippen LogP contribution in [0.15, 0.2) is 17.7 Å². The van der Waals surface area contributed by atoms with Crippen LogP contribution < -0.4 is 9.47 Å². The van der Waals surface area contributed by atoms with Crippen molar-refractivity contribution in [1.29, 1.82) is 0 Å². The van der Waals surface area contributed by atoms with Crippen LogP contribution in [0.1, 0.15) is 97.8 Å². The predicted molar refractivity (Wildman–Crippen MR) is 148 cm³/mol. The zero-order chi connectivity index (χ0) is 29.9. The summed E-state index contributed by atoms with van der Waals surface area (Å²) in [4.78, 5) is 11.9. The van der Waals surface area contributed by atoms with Crippen molar-refractivity contribution in [1.82, 2.24) is 0 Å². The van der Waals surface area contributed by atoms with Gasteiger partial charge in [-0.1, -0.05) is 19.9 Å². The molecule has 0 radical (unpaired) electrons. The molecule has 1 aliphatic carbocycles. The first-order valence-corrected chi connectivity index (χ1v) is 14.2. The van der Waals surface area contributed by atoms with Gasteiger partial charge in [0.2, 0.25) is 0 Å². The third-order valence-electron chi connectivity index (χ3n) is 9.79. The number of carbonyl (C=O) groups excluding carboxylic acids is 1. The van der Waals surface area contributed by atoms with Crippen molar-refractivity contribution in [3.05, 3.63) is 28.8 Å². The summed E-state index contributed by atoms with van der Waals surface area (Å²) in [5.41, 5.74) is -1.37. The summed E-state index contributed by atoms with van der Waals surface area (Å²) in [6.07, 6.45) is -0.506. The van der Waals surface area contributed by atoms with Gasteiger partial charge in [0.15, 0.2) is 11.5 Å². The predicted octanol–water partition coefficient (Wildman–Crippen LogP) is 4.29. The first kappa shape index (κ1) is 30.6. The van der Waals surface area contributed by atoms with E-state index in [1.54, 1.807) is 19.9 Å². The minimum Gasteiger partial charge on any atom is -0.504 e. The third-order valence-corrected chi connectivity index (χ3v) is 9.79. The largest absolute Gasteiger partial charge is 0.504 e. The Morgan fingerprint density at radius 1 is 1.25 bits per heavy atom. The molecule has 2 fully saturated rings. The minimum atomic E-state index is -1.15. The average molecular weight is 563 g/mol. The highest BCUT2D eigenvalue weighted by Gasteiger charge is 2.66. The molecule has 9 atom stereocenters. The molecule has 0 amide bonds. The fourth-order valence-corrected chi connectivity index (χ4v) is 7.39. The van der Waals surface area contributed by atoms with E-state index in [-0.39, 0.29) is 17.9 Å². The van der Waals surface area contributed by atoms with Gasteiger partial charge in [-0.3, -0.25) is 4.79 Å². The molecule has 1 saturated carbocycles. The van der Waals surface area contributed by atoms with Gasteiger partial charge in [-0.25, -0.2) is 0 Å². The molecule has 9 nitrogen and oxygen atoms in total. The lowest BCUT2D eigenvalue weighted by Crippen LogP contribution is -2.68. The maximum atomic E-state index is 12.0. The molecular weight excluding hydrogens is 516 g/mol. The number of phenolic OH excluding ortho intramolecular Hbond substituents is 1. The summed E-state index contributed by atoms with van der Waals surface area (Å²) in [5, 5.41) is 45.8. The van der Waals surface area contributed by atoms with E-state index in [2.05, 4.69) is 0 Å². The number of aromatic hydroxyl groups is 1. The fraction of sp³-hybridized carbons (Fsp3) is 0.710. The molecule has 1 aromatic carbocycles. The van der Waals surface area contributed by atoms with Crippen molar-refractivity contribution in [3.63, 3.8) is 0 Å². The van der Waals surface area contributed by atoms with Crippen LogP contribution in [-0.4, -0.2) is 69.1 Å². The Balaban J connectivity index is 1.82. The molecule has 1 aromatic rings. The van der Waals surface area contributed by atoms with Crippen LogP contribution in [0.4, 0.5) is 0 Å². The standard InChI is InChI=1S/C31H46O9/c1-10-15(2)26(38-17(4)32)16(3)18-13-19(37-9)23-25(35)28-30(7,40-27(23)24(18)34)12-11-21-31(28,8)20(33)14-22(39-21)29(5,6)36/h10,13,16,20-22,25-26,28,33-36H,11-12,14H2,1-9H3. The highest BCUT2D eigenvalue weighted by atomic mass is 16.5. The maximum Gasteiger partial charge on any atom is 0.303 e. The number of aliphatic hydroxyl groups excluding tert-OH is 2. The molecule has 9 heteroatoms. The summed E-state index contributed by atoms with van der Waals surface area (Å²) in [7, 11) is 1.49. The van der Waals surface area contributed by atoms with Gasteiger partial charge >= 0.3 is 5.97 Å².